The second-order valence-electron chi connectivity index (χ2n) is 4.59. The zero-order valence-corrected chi connectivity index (χ0v) is 16.6. The highest BCUT2D eigenvalue weighted by Crippen LogP contribution is 2.13. The maximum atomic E-state index is 12.0. The monoisotopic (exact) mass is 414 g/mol. The van der Waals surface area contributed by atoms with Crippen LogP contribution >= 0.6 is 34.4 Å². The number of aliphatic imine (C=N–C) groups is 1. The van der Waals surface area contributed by atoms with Crippen LogP contribution in [0.5, 0.6) is 0 Å². The fraction of sp³-hybridized carbons (Fsp3) is 0.429. The van der Waals surface area contributed by atoms with Crippen molar-refractivity contribution in [2.24, 2.45) is 4.99 Å². The molecular formula is C14H18N6OS4. The van der Waals surface area contributed by atoms with Crippen LogP contribution in [-0.4, -0.2) is 44.7 Å². The van der Waals surface area contributed by atoms with Gasteiger partial charge in [0.15, 0.2) is 6.19 Å². The minimum absolute atomic E-state index is 0.420. The molecule has 7 nitrogen and oxygen atoms in total. The zero-order chi connectivity index (χ0) is 17.7. The predicted molar refractivity (Wildman–Crippen MR) is 106 cm³/mol. The Balaban J connectivity index is 1.63. The Morgan fingerprint density at radius 3 is 2.76 bits per heavy atom. The number of guanidine groups is 1. The maximum absolute atomic E-state index is 12.0. The van der Waals surface area contributed by atoms with Crippen LogP contribution in [0.4, 0.5) is 0 Å². The number of aromatic nitrogens is 2. The lowest BCUT2D eigenvalue weighted by molar-refractivity contribution is 0.681. The normalized spacial score (nSPS) is 12.5. The van der Waals surface area contributed by atoms with E-state index in [-0.39, 0.29) is 0 Å². The Morgan fingerprint density at radius 2 is 2.08 bits per heavy atom. The van der Waals surface area contributed by atoms with Gasteiger partial charge >= 0.3 is 0 Å². The standard InChI is InChI=1S/C14H18N6OS4/c15-11-20-14(18-1-5-22-9-12-16-2-6-23-12)19-4-8-25(21)10-13-17-3-7-24-13/h2-3,6-7H,1,4-5,8-10H2,(H2,18,19,20). The van der Waals surface area contributed by atoms with Gasteiger partial charge in [0.05, 0.1) is 12.3 Å². The molecule has 2 heterocycles. The van der Waals surface area contributed by atoms with E-state index in [0.29, 0.717) is 30.6 Å². The zero-order valence-electron chi connectivity index (χ0n) is 13.4. The summed E-state index contributed by atoms with van der Waals surface area (Å²) in [6.45, 7) is 1.08. The lowest BCUT2D eigenvalue weighted by Crippen LogP contribution is -2.37. The molecule has 0 spiro atoms. The molecule has 0 radical (unpaired) electrons. The molecule has 0 saturated heterocycles. The molecule has 11 heteroatoms. The van der Waals surface area contributed by atoms with Crippen molar-refractivity contribution < 1.29 is 4.21 Å². The van der Waals surface area contributed by atoms with E-state index in [4.69, 9.17) is 5.26 Å². The van der Waals surface area contributed by atoms with E-state index in [2.05, 4.69) is 25.6 Å². The molecule has 1 unspecified atom stereocenters. The average Bonchev–Trinajstić information content (AvgIpc) is 3.28. The molecule has 134 valence electrons. The highest BCUT2D eigenvalue weighted by Gasteiger charge is 2.05. The van der Waals surface area contributed by atoms with Gasteiger partial charge in [0.2, 0.25) is 5.96 Å². The molecule has 2 aromatic rings. The molecule has 0 amide bonds. The number of hydrogen-bond acceptors (Lipinski definition) is 8. The Bertz CT molecular complexity index is 695. The average molecular weight is 415 g/mol. The summed E-state index contributed by atoms with van der Waals surface area (Å²) < 4.78 is 12.0. The summed E-state index contributed by atoms with van der Waals surface area (Å²) in [6.07, 6.45) is 5.38. The van der Waals surface area contributed by atoms with Gasteiger partial charge in [0.1, 0.15) is 10.0 Å². The molecule has 0 aliphatic heterocycles. The fourth-order valence-electron chi connectivity index (χ4n) is 1.72. The van der Waals surface area contributed by atoms with Gasteiger partial charge in [-0.3, -0.25) is 14.5 Å². The lowest BCUT2D eigenvalue weighted by Gasteiger charge is -2.07. The van der Waals surface area contributed by atoms with Gasteiger partial charge in [0.25, 0.3) is 0 Å². The van der Waals surface area contributed by atoms with Crippen LogP contribution in [-0.2, 0) is 22.3 Å². The molecule has 2 rings (SSSR count). The number of nitrogens with one attached hydrogen (secondary N) is 2. The Labute approximate surface area is 161 Å². The smallest absolute Gasteiger partial charge is 0.204 e. The Morgan fingerprint density at radius 1 is 1.32 bits per heavy atom. The van der Waals surface area contributed by atoms with Gasteiger partial charge in [-0.05, 0) is 0 Å². The number of hydrogen-bond donors (Lipinski definition) is 2. The summed E-state index contributed by atoms with van der Waals surface area (Å²) >= 11 is 4.90. The molecule has 0 aliphatic rings. The number of rotatable bonds is 10. The van der Waals surface area contributed by atoms with Crippen LogP contribution in [0, 0.1) is 11.5 Å². The summed E-state index contributed by atoms with van der Waals surface area (Å²) in [4.78, 5) is 12.7. The topological polar surface area (TPSA) is 103 Å². The van der Waals surface area contributed by atoms with E-state index in [1.54, 1.807) is 35.5 Å². The largest absolute Gasteiger partial charge is 0.355 e. The number of thiazole rings is 2. The van der Waals surface area contributed by atoms with Crippen molar-refractivity contribution in [2.75, 3.05) is 24.6 Å². The molecule has 0 aromatic carbocycles. The minimum atomic E-state index is -0.986. The summed E-state index contributed by atoms with van der Waals surface area (Å²) in [5.41, 5.74) is 0. The molecule has 0 fully saturated rings. The highest BCUT2D eigenvalue weighted by molar-refractivity contribution is 7.98. The Hall–Kier alpha value is -1.48. The van der Waals surface area contributed by atoms with E-state index in [1.807, 2.05) is 17.0 Å². The third kappa shape index (κ3) is 8.44. The predicted octanol–water partition coefficient (Wildman–Crippen LogP) is 1.80. The fourth-order valence-corrected chi connectivity index (χ4v) is 5.14. The first-order valence-corrected chi connectivity index (χ1v) is 11.8. The molecule has 0 bridgehead atoms. The first kappa shape index (κ1) is 19.8. The third-order valence-corrected chi connectivity index (χ3v) is 6.91. The van der Waals surface area contributed by atoms with Gasteiger partial charge in [-0.2, -0.15) is 17.0 Å². The van der Waals surface area contributed by atoms with E-state index in [0.717, 1.165) is 21.5 Å². The van der Waals surface area contributed by atoms with E-state index >= 15 is 0 Å². The highest BCUT2D eigenvalue weighted by atomic mass is 32.2. The first-order chi connectivity index (χ1) is 12.3. The second kappa shape index (κ2) is 12.0. The lowest BCUT2D eigenvalue weighted by atomic mass is 10.7. The molecule has 0 aliphatic carbocycles. The maximum Gasteiger partial charge on any atom is 0.204 e. The van der Waals surface area contributed by atoms with Gasteiger partial charge < -0.3 is 5.32 Å². The van der Waals surface area contributed by atoms with E-state index < -0.39 is 10.8 Å². The van der Waals surface area contributed by atoms with Crippen LogP contribution in [0.3, 0.4) is 0 Å². The van der Waals surface area contributed by atoms with Crippen molar-refractivity contribution in [1.82, 2.24) is 20.6 Å². The van der Waals surface area contributed by atoms with Crippen molar-refractivity contribution >= 4 is 51.2 Å². The second-order valence-corrected chi connectivity index (χ2v) is 9.23. The van der Waals surface area contributed by atoms with Crippen LogP contribution in [0.1, 0.15) is 10.0 Å². The van der Waals surface area contributed by atoms with Crippen LogP contribution in [0.25, 0.3) is 0 Å². The van der Waals surface area contributed by atoms with Gasteiger partial charge in [0, 0.05) is 57.8 Å². The van der Waals surface area contributed by atoms with Gasteiger partial charge in [-0.25, -0.2) is 9.97 Å². The molecule has 2 N–H and O–H groups in total. The summed E-state index contributed by atoms with van der Waals surface area (Å²) in [6, 6.07) is 0. The van der Waals surface area contributed by atoms with Crippen molar-refractivity contribution in [1.29, 1.82) is 5.26 Å². The molecule has 1 atom stereocenters. The minimum Gasteiger partial charge on any atom is -0.355 e. The van der Waals surface area contributed by atoms with E-state index in [1.165, 1.54) is 11.3 Å². The number of nitrogens with zero attached hydrogens (tertiary/aromatic N) is 4. The van der Waals surface area contributed by atoms with Gasteiger partial charge in [-0.15, -0.1) is 22.7 Å². The van der Waals surface area contributed by atoms with Gasteiger partial charge in [-0.1, -0.05) is 0 Å². The van der Waals surface area contributed by atoms with E-state index in [9.17, 15) is 4.21 Å². The summed E-state index contributed by atoms with van der Waals surface area (Å²) in [5.74, 6) is 3.07. The summed E-state index contributed by atoms with van der Waals surface area (Å²) in [7, 11) is -0.986. The first-order valence-electron chi connectivity index (χ1n) is 7.41. The van der Waals surface area contributed by atoms with Crippen molar-refractivity contribution in [3.05, 3.63) is 33.2 Å². The van der Waals surface area contributed by atoms with Crippen LogP contribution < -0.4 is 10.6 Å². The molecule has 2 aromatic heterocycles. The van der Waals surface area contributed by atoms with Crippen molar-refractivity contribution in [2.45, 2.75) is 11.5 Å². The molecule has 25 heavy (non-hydrogen) atoms. The van der Waals surface area contributed by atoms with Crippen molar-refractivity contribution in [3.8, 4) is 6.19 Å². The number of nitriles is 1. The molecular weight excluding hydrogens is 396 g/mol. The van der Waals surface area contributed by atoms with Crippen LogP contribution in [0.15, 0.2) is 28.1 Å². The Kier molecular flexibility index (Phi) is 9.50. The van der Waals surface area contributed by atoms with Crippen molar-refractivity contribution in [3.63, 3.8) is 0 Å². The summed E-state index contributed by atoms with van der Waals surface area (Å²) in [5, 5.41) is 20.1. The number of thioether (sulfide) groups is 1. The van der Waals surface area contributed by atoms with Crippen LogP contribution in [0.2, 0.25) is 0 Å². The quantitative estimate of drug-likeness (QED) is 0.201. The SMILES string of the molecule is N#CNC(=NCCSCc1nccs1)NCCS(=O)Cc1nccs1. The third-order valence-electron chi connectivity index (χ3n) is 2.78. The molecule has 0 saturated carbocycles.